The molecule has 19 heavy (non-hydrogen) atoms. The van der Waals surface area contributed by atoms with Crippen molar-refractivity contribution in [3.63, 3.8) is 0 Å². The number of cyclic esters (lactones) is 1. The summed E-state index contributed by atoms with van der Waals surface area (Å²) in [5, 5.41) is 0. The van der Waals surface area contributed by atoms with Crippen LogP contribution in [0.3, 0.4) is 0 Å². The molecule has 2 rings (SSSR count). The lowest BCUT2D eigenvalue weighted by molar-refractivity contribution is 0.107. The van der Waals surface area contributed by atoms with E-state index in [1.165, 1.54) is 4.90 Å². The third-order valence-electron chi connectivity index (χ3n) is 2.69. The predicted octanol–water partition coefficient (Wildman–Crippen LogP) is 1.30. The number of hydrogen-bond donors (Lipinski definition) is 0. The largest absolute Gasteiger partial charge is 0.441 e. The fraction of sp³-hybridized carbons (Fsp3) is 0.417. The van der Waals surface area contributed by atoms with Crippen LogP contribution in [-0.2, 0) is 19.0 Å². The number of ether oxygens (including phenoxy) is 1. The molecule has 1 aromatic rings. The molecule has 0 N–H and O–H groups in total. The maximum atomic E-state index is 11.7. The number of carbonyl (C=O) groups excluding carboxylic acids is 1. The molecule has 1 saturated heterocycles. The van der Waals surface area contributed by atoms with Crippen molar-refractivity contribution >= 4 is 21.9 Å². The SMILES string of the molecule is Cc1ccc(N2CC(COS(C)(=O)=O)OC2=O)cc1. The Kier molecular flexibility index (Phi) is 3.77. The van der Waals surface area contributed by atoms with E-state index in [0.717, 1.165) is 17.5 Å². The van der Waals surface area contributed by atoms with Gasteiger partial charge in [0.1, 0.15) is 12.7 Å². The maximum Gasteiger partial charge on any atom is 0.414 e. The number of aryl methyl sites for hydroxylation is 1. The number of rotatable bonds is 4. The van der Waals surface area contributed by atoms with Crippen LogP contribution in [0.15, 0.2) is 24.3 Å². The fourth-order valence-corrected chi connectivity index (χ4v) is 2.14. The number of benzene rings is 1. The lowest BCUT2D eigenvalue weighted by Gasteiger charge is -2.12. The van der Waals surface area contributed by atoms with Gasteiger partial charge in [0.15, 0.2) is 0 Å². The van der Waals surface area contributed by atoms with Gasteiger partial charge in [0, 0.05) is 5.69 Å². The average molecular weight is 285 g/mol. The summed E-state index contributed by atoms with van der Waals surface area (Å²) in [5.74, 6) is 0. The van der Waals surface area contributed by atoms with Crippen molar-refractivity contribution in [1.29, 1.82) is 0 Å². The summed E-state index contributed by atoms with van der Waals surface area (Å²) in [5.41, 5.74) is 1.81. The van der Waals surface area contributed by atoms with Crippen molar-refractivity contribution in [2.75, 3.05) is 24.3 Å². The third kappa shape index (κ3) is 3.68. The Balaban J connectivity index is 2.01. The first-order chi connectivity index (χ1) is 8.85. The zero-order valence-electron chi connectivity index (χ0n) is 10.7. The van der Waals surface area contributed by atoms with E-state index >= 15 is 0 Å². The van der Waals surface area contributed by atoms with Gasteiger partial charge in [-0.2, -0.15) is 8.42 Å². The first-order valence-electron chi connectivity index (χ1n) is 5.74. The van der Waals surface area contributed by atoms with Crippen LogP contribution in [0.1, 0.15) is 5.56 Å². The molecule has 0 aromatic heterocycles. The summed E-state index contributed by atoms with van der Waals surface area (Å²) in [6.45, 7) is 2.07. The molecule has 0 radical (unpaired) electrons. The molecule has 1 aliphatic heterocycles. The molecule has 1 heterocycles. The van der Waals surface area contributed by atoms with E-state index in [2.05, 4.69) is 4.18 Å². The molecule has 0 bridgehead atoms. The zero-order valence-corrected chi connectivity index (χ0v) is 11.5. The summed E-state index contributed by atoms with van der Waals surface area (Å²) in [6, 6.07) is 7.42. The Morgan fingerprint density at radius 2 is 2.00 bits per heavy atom. The van der Waals surface area contributed by atoms with Crippen LogP contribution in [-0.4, -0.2) is 40.0 Å². The Morgan fingerprint density at radius 3 is 2.58 bits per heavy atom. The van der Waals surface area contributed by atoms with E-state index in [4.69, 9.17) is 4.74 Å². The molecule has 1 aromatic carbocycles. The predicted molar refractivity (Wildman–Crippen MR) is 69.6 cm³/mol. The van der Waals surface area contributed by atoms with Crippen molar-refractivity contribution in [2.45, 2.75) is 13.0 Å². The maximum absolute atomic E-state index is 11.7. The van der Waals surface area contributed by atoms with Crippen molar-refractivity contribution in [3.05, 3.63) is 29.8 Å². The van der Waals surface area contributed by atoms with Gasteiger partial charge in [-0.05, 0) is 19.1 Å². The molecule has 0 spiro atoms. The van der Waals surface area contributed by atoms with Crippen LogP contribution < -0.4 is 4.90 Å². The summed E-state index contributed by atoms with van der Waals surface area (Å²) in [4.78, 5) is 13.1. The van der Waals surface area contributed by atoms with Crippen LogP contribution in [0.5, 0.6) is 0 Å². The number of amides is 1. The molecular formula is C12H15NO5S. The highest BCUT2D eigenvalue weighted by Gasteiger charge is 2.33. The molecule has 1 atom stereocenters. The normalized spacial score (nSPS) is 19.6. The van der Waals surface area contributed by atoms with Crippen LogP contribution in [0.4, 0.5) is 10.5 Å². The Labute approximate surface area is 112 Å². The molecular weight excluding hydrogens is 270 g/mol. The van der Waals surface area contributed by atoms with Crippen molar-refractivity contribution < 1.29 is 22.1 Å². The van der Waals surface area contributed by atoms with Crippen molar-refractivity contribution in [1.82, 2.24) is 0 Å². The lowest BCUT2D eigenvalue weighted by Crippen LogP contribution is -2.26. The molecule has 1 unspecified atom stereocenters. The monoisotopic (exact) mass is 285 g/mol. The van der Waals surface area contributed by atoms with Gasteiger partial charge in [0.2, 0.25) is 0 Å². The van der Waals surface area contributed by atoms with Gasteiger partial charge in [-0.3, -0.25) is 9.08 Å². The van der Waals surface area contributed by atoms with E-state index in [1.54, 1.807) is 0 Å². The average Bonchev–Trinajstić information content (AvgIpc) is 2.68. The molecule has 1 aliphatic rings. The number of hydrogen-bond acceptors (Lipinski definition) is 5. The summed E-state index contributed by atoms with van der Waals surface area (Å²) in [7, 11) is -3.53. The highest BCUT2D eigenvalue weighted by atomic mass is 32.2. The van der Waals surface area contributed by atoms with E-state index in [9.17, 15) is 13.2 Å². The minimum atomic E-state index is -3.53. The van der Waals surface area contributed by atoms with E-state index < -0.39 is 22.3 Å². The van der Waals surface area contributed by atoms with E-state index in [1.807, 2.05) is 31.2 Å². The number of nitrogens with zero attached hydrogens (tertiary/aromatic N) is 1. The van der Waals surface area contributed by atoms with Crippen molar-refractivity contribution in [3.8, 4) is 0 Å². The minimum Gasteiger partial charge on any atom is -0.441 e. The lowest BCUT2D eigenvalue weighted by atomic mass is 10.2. The first kappa shape index (κ1) is 13.8. The quantitative estimate of drug-likeness (QED) is 0.780. The highest BCUT2D eigenvalue weighted by Crippen LogP contribution is 2.22. The fourth-order valence-electron chi connectivity index (χ4n) is 1.74. The van der Waals surface area contributed by atoms with Crippen molar-refractivity contribution in [2.24, 2.45) is 0 Å². The Bertz CT molecular complexity index is 566. The first-order valence-corrected chi connectivity index (χ1v) is 7.56. The van der Waals surface area contributed by atoms with Gasteiger partial charge in [0.05, 0.1) is 12.8 Å². The molecule has 6 nitrogen and oxygen atoms in total. The molecule has 0 saturated carbocycles. The van der Waals surface area contributed by atoms with E-state index in [-0.39, 0.29) is 13.2 Å². The molecule has 7 heteroatoms. The second-order valence-corrected chi connectivity index (χ2v) is 6.08. The minimum absolute atomic E-state index is 0.160. The van der Waals surface area contributed by atoms with Gasteiger partial charge >= 0.3 is 6.09 Å². The van der Waals surface area contributed by atoms with Gasteiger partial charge in [-0.15, -0.1) is 0 Å². The standard InChI is InChI=1S/C12H15NO5S/c1-9-3-5-10(6-4-9)13-7-11(18-12(13)14)8-17-19(2,15)16/h3-6,11H,7-8H2,1-2H3. The highest BCUT2D eigenvalue weighted by molar-refractivity contribution is 7.85. The Morgan fingerprint density at radius 1 is 1.37 bits per heavy atom. The second-order valence-electron chi connectivity index (χ2n) is 4.44. The second kappa shape index (κ2) is 5.18. The summed E-state index contributed by atoms with van der Waals surface area (Å²) < 4.78 is 31.4. The third-order valence-corrected chi connectivity index (χ3v) is 3.25. The zero-order chi connectivity index (χ0) is 14.0. The van der Waals surface area contributed by atoms with Gasteiger partial charge in [-0.1, -0.05) is 17.7 Å². The van der Waals surface area contributed by atoms with Crippen LogP contribution in [0.25, 0.3) is 0 Å². The summed E-state index contributed by atoms with van der Waals surface area (Å²) >= 11 is 0. The van der Waals surface area contributed by atoms with Crippen LogP contribution in [0, 0.1) is 6.92 Å². The van der Waals surface area contributed by atoms with E-state index in [0.29, 0.717) is 0 Å². The number of carbonyl (C=O) groups is 1. The van der Waals surface area contributed by atoms with Gasteiger partial charge in [0.25, 0.3) is 10.1 Å². The van der Waals surface area contributed by atoms with Crippen LogP contribution in [0.2, 0.25) is 0 Å². The smallest absolute Gasteiger partial charge is 0.414 e. The summed E-state index contributed by atoms with van der Waals surface area (Å²) in [6.07, 6.45) is -0.115. The molecule has 1 fully saturated rings. The molecule has 0 aliphatic carbocycles. The van der Waals surface area contributed by atoms with Crippen LogP contribution >= 0.6 is 0 Å². The molecule has 104 valence electrons. The number of anilines is 1. The van der Waals surface area contributed by atoms with Gasteiger partial charge in [-0.25, -0.2) is 4.79 Å². The molecule has 1 amide bonds. The Hall–Kier alpha value is -1.60. The topological polar surface area (TPSA) is 72.9 Å². The van der Waals surface area contributed by atoms with Gasteiger partial charge < -0.3 is 4.74 Å².